The van der Waals surface area contributed by atoms with Gasteiger partial charge in [-0.15, -0.1) is 0 Å². The first-order valence-electron chi connectivity index (χ1n) is 23.7. The van der Waals surface area contributed by atoms with Gasteiger partial charge in [0.2, 0.25) is 0 Å². The maximum atomic E-state index is 6.82. The molecule has 0 N–H and O–H groups in total. The van der Waals surface area contributed by atoms with E-state index in [0.717, 1.165) is 44.1 Å². The van der Waals surface area contributed by atoms with Crippen LogP contribution in [0, 0.1) is 0 Å². The van der Waals surface area contributed by atoms with Crippen LogP contribution in [0.3, 0.4) is 0 Å². The highest BCUT2D eigenvalue weighted by atomic mass is 16.3. The molecule has 68 heavy (non-hydrogen) atoms. The minimum Gasteiger partial charge on any atom is -0.456 e. The van der Waals surface area contributed by atoms with Gasteiger partial charge in [-0.3, -0.25) is 0 Å². The molecule has 318 valence electrons. The quantitative estimate of drug-likeness (QED) is 0.165. The van der Waals surface area contributed by atoms with Crippen LogP contribution in [0.2, 0.25) is 0 Å². The Morgan fingerprint density at radius 1 is 0.294 bits per heavy atom. The van der Waals surface area contributed by atoms with Crippen LogP contribution >= 0.6 is 0 Å². The van der Waals surface area contributed by atoms with Crippen molar-refractivity contribution in [3.8, 4) is 44.5 Å². The minimum atomic E-state index is -0.501. The third-order valence-electron chi connectivity index (χ3n) is 15.7. The van der Waals surface area contributed by atoms with Gasteiger partial charge in [-0.1, -0.05) is 196 Å². The van der Waals surface area contributed by atoms with Gasteiger partial charge in [-0.25, -0.2) is 0 Å². The topological polar surface area (TPSA) is 26.3 Å². The maximum absolute atomic E-state index is 6.82. The van der Waals surface area contributed by atoms with Gasteiger partial charge in [0.25, 0.3) is 0 Å². The number of hydrogen-bond donors (Lipinski definition) is 0. The van der Waals surface area contributed by atoms with Crippen molar-refractivity contribution in [3.05, 3.63) is 252 Å². The average Bonchev–Trinajstić information content (AvgIpc) is 4.11. The second-order valence-corrected chi connectivity index (χ2v) is 19.4. The summed E-state index contributed by atoms with van der Waals surface area (Å²) >= 11 is 0. The van der Waals surface area contributed by atoms with Crippen LogP contribution in [0.1, 0.15) is 47.2 Å². The Morgan fingerprint density at radius 2 is 0.691 bits per heavy atom. The molecule has 0 aliphatic heterocycles. The van der Waals surface area contributed by atoms with Gasteiger partial charge in [0.15, 0.2) is 0 Å². The van der Waals surface area contributed by atoms with E-state index in [-0.39, 0.29) is 5.41 Å². The van der Waals surface area contributed by atoms with Crippen LogP contribution in [-0.2, 0) is 10.8 Å². The summed E-state index contributed by atoms with van der Waals surface area (Å²) in [5.74, 6) is 0. The number of hydrogen-bond acceptors (Lipinski definition) is 2. The number of furan rings is 2. The van der Waals surface area contributed by atoms with Gasteiger partial charge in [-0.2, -0.15) is 0 Å². The van der Waals surface area contributed by atoms with Gasteiger partial charge in [-0.05, 0) is 136 Å². The van der Waals surface area contributed by atoms with E-state index in [1.54, 1.807) is 0 Å². The van der Waals surface area contributed by atoms with Crippen molar-refractivity contribution in [1.82, 2.24) is 0 Å². The van der Waals surface area contributed by atoms with Crippen molar-refractivity contribution < 1.29 is 8.83 Å². The fourth-order valence-electron chi connectivity index (χ4n) is 12.9. The molecule has 2 heteroatoms. The first-order valence-corrected chi connectivity index (χ1v) is 23.7. The zero-order chi connectivity index (χ0) is 44.9. The van der Waals surface area contributed by atoms with Crippen molar-refractivity contribution in [3.63, 3.8) is 0 Å². The second kappa shape index (κ2) is 13.6. The Bertz CT molecular complexity index is 4180. The predicted octanol–water partition coefficient (Wildman–Crippen LogP) is 17.8. The smallest absolute Gasteiger partial charge is 0.136 e. The molecule has 13 aromatic rings. The molecule has 0 atom stereocenters. The number of benzene rings is 11. The molecule has 0 fully saturated rings. The third-order valence-corrected chi connectivity index (χ3v) is 15.7. The summed E-state index contributed by atoms with van der Waals surface area (Å²) in [5.41, 5.74) is 20.7. The fraction of sp³-hybridized carbons (Fsp3) is 0.0606. The van der Waals surface area contributed by atoms with E-state index < -0.39 is 5.41 Å². The molecule has 11 aromatic carbocycles. The first-order chi connectivity index (χ1) is 33.5. The summed E-state index contributed by atoms with van der Waals surface area (Å²) in [7, 11) is 0. The molecule has 0 unspecified atom stereocenters. The lowest BCUT2D eigenvalue weighted by atomic mass is 9.67. The molecular weight excluding hydrogens is 825 g/mol. The van der Waals surface area contributed by atoms with Crippen molar-refractivity contribution in [2.24, 2.45) is 0 Å². The van der Waals surface area contributed by atoms with Crippen molar-refractivity contribution >= 4 is 65.4 Å². The standard InChI is InChI=1S/C66H42O2/c1-65(2)51-27-15-13-25-47(51)61-53(65)31-35-57-63(61)49-37-39(29-33-55(49)67-57)59-43-21-9-11-23-45(43)60(46-24-12-10-22-44(46)59)40-30-34-56-50(38-40)64-58(68-56)36-32-54-62(64)48-26-14-16-28-52(48)66(54,41-17-5-3-6-18-41)42-19-7-4-8-20-42/h3-38H,1-2H3. The molecule has 0 bridgehead atoms. The Kier molecular flexibility index (Phi) is 7.53. The van der Waals surface area contributed by atoms with E-state index in [1.807, 2.05) is 0 Å². The molecule has 0 amide bonds. The summed E-state index contributed by atoms with van der Waals surface area (Å²) in [6.07, 6.45) is 0. The zero-order valence-electron chi connectivity index (χ0n) is 37.6. The highest BCUT2D eigenvalue weighted by Crippen LogP contribution is 2.59. The summed E-state index contributed by atoms with van der Waals surface area (Å²) in [5, 5.41) is 9.47. The van der Waals surface area contributed by atoms with Crippen LogP contribution < -0.4 is 0 Å². The minimum absolute atomic E-state index is 0.102. The van der Waals surface area contributed by atoms with Gasteiger partial charge in [0, 0.05) is 27.0 Å². The van der Waals surface area contributed by atoms with Crippen LogP contribution in [-0.4, -0.2) is 0 Å². The average molecular weight is 867 g/mol. The van der Waals surface area contributed by atoms with Crippen molar-refractivity contribution in [1.29, 1.82) is 0 Å². The lowest BCUT2D eigenvalue weighted by Gasteiger charge is -2.33. The third kappa shape index (κ3) is 4.81. The van der Waals surface area contributed by atoms with Crippen LogP contribution in [0.4, 0.5) is 0 Å². The van der Waals surface area contributed by atoms with E-state index in [2.05, 4.69) is 232 Å². The predicted molar refractivity (Wildman–Crippen MR) is 282 cm³/mol. The lowest BCUT2D eigenvalue weighted by Crippen LogP contribution is -2.28. The fourth-order valence-corrected chi connectivity index (χ4v) is 12.9. The molecule has 2 heterocycles. The van der Waals surface area contributed by atoms with Crippen LogP contribution in [0.15, 0.2) is 227 Å². The summed E-state index contributed by atoms with van der Waals surface area (Å²) in [6, 6.07) is 80.5. The van der Waals surface area contributed by atoms with Gasteiger partial charge < -0.3 is 8.83 Å². The van der Waals surface area contributed by atoms with Gasteiger partial charge in [0.05, 0.1) is 5.41 Å². The van der Waals surface area contributed by atoms with Crippen LogP contribution in [0.5, 0.6) is 0 Å². The molecule has 2 aliphatic rings. The summed E-state index contributed by atoms with van der Waals surface area (Å²) < 4.78 is 13.5. The van der Waals surface area contributed by atoms with E-state index >= 15 is 0 Å². The van der Waals surface area contributed by atoms with Crippen molar-refractivity contribution in [2.75, 3.05) is 0 Å². The monoisotopic (exact) mass is 866 g/mol. The molecular formula is C66H42O2. The van der Waals surface area contributed by atoms with E-state index in [0.29, 0.717) is 0 Å². The van der Waals surface area contributed by atoms with Gasteiger partial charge in [0.1, 0.15) is 22.3 Å². The number of rotatable bonds is 4. The Balaban J connectivity index is 0.977. The largest absolute Gasteiger partial charge is 0.456 e. The van der Waals surface area contributed by atoms with Crippen LogP contribution in [0.25, 0.3) is 110 Å². The van der Waals surface area contributed by atoms with E-state index in [4.69, 9.17) is 8.83 Å². The summed E-state index contributed by atoms with van der Waals surface area (Å²) in [4.78, 5) is 0. The van der Waals surface area contributed by atoms with Crippen molar-refractivity contribution in [2.45, 2.75) is 24.7 Å². The summed E-state index contributed by atoms with van der Waals surface area (Å²) in [6.45, 7) is 4.69. The Morgan fingerprint density at radius 3 is 1.21 bits per heavy atom. The van der Waals surface area contributed by atoms with Gasteiger partial charge >= 0.3 is 0 Å². The lowest BCUT2D eigenvalue weighted by molar-refractivity contribution is 0.656. The molecule has 2 aromatic heterocycles. The highest BCUT2D eigenvalue weighted by molar-refractivity contribution is 6.24. The zero-order valence-corrected chi connectivity index (χ0v) is 37.6. The molecule has 0 spiro atoms. The maximum Gasteiger partial charge on any atom is 0.136 e. The molecule has 15 rings (SSSR count). The highest BCUT2D eigenvalue weighted by Gasteiger charge is 2.47. The second-order valence-electron chi connectivity index (χ2n) is 19.4. The number of fused-ring (bicyclic) bond motifs is 16. The molecule has 0 saturated heterocycles. The SMILES string of the molecule is CC1(C)c2ccccc2-c2c1ccc1oc3ccc(-c4c5ccccc5c(-c5ccc6oc7ccc8c(c7c6c5)-c5ccccc5C8(c5ccccc5)c5ccccc5)c5ccccc45)cc3c21. The Hall–Kier alpha value is -8.46. The molecule has 2 aliphatic carbocycles. The normalized spacial score (nSPS) is 14.3. The molecule has 2 nitrogen and oxygen atoms in total. The Labute approximate surface area is 393 Å². The first kappa shape index (κ1) is 37.7. The van der Waals surface area contributed by atoms with E-state index in [1.165, 1.54) is 99.3 Å². The van der Waals surface area contributed by atoms with E-state index in [9.17, 15) is 0 Å². The molecule has 0 radical (unpaired) electrons. The molecule has 0 saturated carbocycles.